The number of halogens is 1. The van der Waals surface area contributed by atoms with Crippen molar-refractivity contribution in [3.8, 4) is 0 Å². The molecule has 0 radical (unpaired) electrons. The van der Waals surface area contributed by atoms with Crippen molar-refractivity contribution in [3.63, 3.8) is 0 Å². The Labute approximate surface area is 78.0 Å². The minimum absolute atomic E-state index is 0.127. The summed E-state index contributed by atoms with van der Waals surface area (Å²) in [4.78, 5) is 0. The summed E-state index contributed by atoms with van der Waals surface area (Å²) in [5.74, 6) is 0.375. The van der Waals surface area contributed by atoms with Crippen LogP contribution in [0.5, 0.6) is 0 Å². The molecule has 70 valence electrons. The van der Waals surface area contributed by atoms with Crippen molar-refractivity contribution in [2.75, 3.05) is 5.75 Å². The van der Waals surface area contributed by atoms with Gasteiger partial charge < -0.3 is 0 Å². The number of allylic oxidation sites excluding steroid dienone is 1. The number of hydrogen-bond donors (Lipinski definition) is 0. The van der Waals surface area contributed by atoms with Gasteiger partial charge in [0.1, 0.15) is 0 Å². The topological polar surface area (TPSA) is 34.1 Å². The molecule has 0 aliphatic heterocycles. The molecule has 4 heteroatoms. The third-order valence-electron chi connectivity index (χ3n) is 2.25. The molecule has 12 heavy (non-hydrogen) atoms. The zero-order valence-corrected chi connectivity index (χ0v) is 8.50. The Morgan fingerprint density at radius 2 is 1.92 bits per heavy atom. The first-order chi connectivity index (χ1) is 5.47. The molecule has 1 rings (SSSR count). The molecule has 0 atom stereocenters. The van der Waals surface area contributed by atoms with Gasteiger partial charge in [0.25, 0.3) is 0 Å². The first kappa shape index (κ1) is 10.1. The van der Waals surface area contributed by atoms with Gasteiger partial charge in [-0.15, -0.1) is 0 Å². The summed E-state index contributed by atoms with van der Waals surface area (Å²) in [5.41, 5.74) is 1.23. The van der Waals surface area contributed by atoms with Crippen LogP contribution in [0, 0.1) is 5.92 Å². The van der Waals surface area contributed by atoms with Gasteiger partial charge in [0.2, 0.25) is 9.05 Å². The molecule has 0 unspecified atom stereocenters. The fraction of sp³-hybridized carbons (Fsp3) is 0.750. The SMILES string of the molecule is C=C1CCC(CS(=O)(=O)Cl)CC1. The molecule has 0 amide bonds. The largest absolute Gasteiger partial charge is 0.232 e. The highest BCUT2D eigenvalue weighted by Gasteiger charge is 2.20. The lowest BCUT2D eigenvalue weighted by Gasteiger charge is -2.21. The fourth-order valence-corrected chi connectivity index (χ4v) is 2.96. The second-order valence-electron chi connectivity index (χ2n) is 3.40. The Hall–Kier alpha value is -0.0200. The van der Waals surface area contributed by atoms with Crippen LogP contribution in [0.4, 0.5) is 0 Å². The zero-order valence-electron chi connectivity index (χ0n) is 6.92. The lowest BCUT2D eigenvalue weighted by Crippen LogP contribution is -2.15. The molecule has 0 aromatic carbocycles. The van der Waals surface area contributed by atoms with Crippen molar-refractivity contribution in [2.45, 2.75) is 25.7 Å². The van der Waals surface area contributed by atoms with E-state index >= 15 is 0 Å². The van der Waals surface area contributed by atoms with E-state index < -0.39 is 9.05 Å². The first-order valence-corrected chi connectivity index (χ1v) is 6.54. The lowest BCUT2D eigenvalue weighted by atomic mass is 9.88. The van der Waals surface area contributed by atoms with Crippen LogP contribution in [0.25, 0.3) is 0 Å². The number of rotatable bonds is 2. The average molecular weight is 209 g/mol. The van der Waals surface area contributed by atoms with Crippen molar-refractivity contribution in [1.29, 1.82) is 0 Å². The third kappa shape index (κ3) is 3.59. The maximum Gasteiger partial charge on any atom is 0.232 e. The predicted octanol–water partition coefficient (Wildman–Crippen LogP) is 2.30. The van der Waals surface area contributed by atoms with E-state index in [0.29, 0.717) is 0 Å². The zero-order chi connectivity index (χ0) is 9.19. The van der Waals surface area contributed by atoms with E-state index in [4.69, 9.17) is 10.7 Å². The van der Waals surface area contributed by atoms with Crippen LogP contribution in [0.1, 0.15) is 25.7 Å². The molecular formula is C8H13ClO2S. The molecule has 0 spiro atoms. The third-order valence-corrected chi connectivity index (χ3v) is 3.49. The van der Waals surface area contributed by atoms with Gasteiger partial charge >= 0.3 is 0 Å². The van der Waals surface area contributed by atoms with E-state index in [2.05, 4.69) is 6.58 Å². The molecule has 0 aromatic rings. The summed E-state index contributed by atoms with van der Waals surface area (Å²) in [5, 5.41) is 0. The molecule has 0 heterocycles. The number of hydrogen-bond acceptors (Lipinski definition) is 2. The molecule has 1 saturated carbocycles. The summed E-state index contributed by atoms with van der Waals surface area (Å²) in [6, 6.07) is 0. The quantitative estimate of drug-likeness (QED) is 0.516. The van der Waals surface area contributed by atoms with Gasteiger partial charge in [-0.2, -0.15) is 0 Å². The van der Waals surface area contributed by atoms with Gasteiger partial charge in [0.05, 0.1) is 5.75 Å². The van der Waals surface area contributed by atoms with Crippen LogP contribution in [0.15, 0.2) is 12.2 Å². The average Bonchev–Trinajstić information content (AvgIpc) is 1.91. The normalized spacial score (nSPS) is 21.2. The maximum atomic E-state index is 10.7. The van der Waals surface area contributed by atoms with Crippen molar-refractivity contribution >= 4 is 19.7 Å². The molecule has 1 fully saturated rings. The van der Waals surface area contributed by atoms with Crippen molar-refractivity contribution in [3.05, 3.63) is 12.2 Å². The molecule has 0 N–H and O–H groups in total. The Morgan fingerprint density at radius 1 is 1.42 bits per heavy atom. The summed E-state index contributed by atoms with van der Waals surface area (Å²) >= 11 is 0. The monoisotopic (exact) mass is 208 g/mol. The smallest absolute Gasteiger partial charge is 0.212 e. The highest BCUT2D eigenvalue weighted by atomic mass is 35.7. The molecule has 0 saturated heterocycles. The van der Waals surface area contributed by atoms with Gasteiger partial charge in [-0.25, -0.2) is 8.42 Å². The summed E-state index contributed by atoms with van der Waals surface area (Å²) in [6.07, 6.45) is 3.75. The van der Waals surface area contributed by atoms with Crippen LogP contribution in [0.2, 0.25) is 0 Å². The van der Waals surface area contributed by atoms with Gasteiger partial charge in [0.15, 0.2) is 0 Å². The molecule has 1 aliphatic carbocycles. The van der Waals surface area contributed by atoms with Gasteiger partial charge in [-0.05, 0) is 31.6 Å². The van der Waals surface area contributed by atoms with E-state index in [1.54, 1.807) is 0 Å². The van der Waals surface area contributed by atoms with Crippen molar-refractivity contribution < 1.29 is 8.42 Å². The highest BCUT2D eigenvalue weighted by molar-refractivity contribution is 8.13. The summed E-state index contributed by atoms with van der Waals surface area (Å²) in [7, 11) is 1.85. The van der Waals surface area contributed by atoms with Crippen LogP contribution in [-0.4, -0.2) is 14.2 Å². The van der Waals surface area contributed by atoms with Crippen LogP contribution in [0.3, 0.4) is 0 Å². The highest BCUT2D eigenvalue weighted by Crippen LogP contribution is 2.28. The van der Waals surface area contributed by atoms with Crippen LogP contribution >= 0.6 is 10.7 Å². The van der Waals surface area contributed by atoms with E-state index in [-0.39, 0.29) is 11.7 Å². The standard InChI is InChI=1S/C8H13ClO2S/c1-7-2-4-8(5-3-7)6-12(9,10)11/h8H,1-6H2. The molecular weight excluding hydrogens is 196 g/mol. The Bertz CT molecular complexity index is 259. The van der Waals surface area contributed by atoms with E-state index in [1.165, 1.54) is 5.57 Å². The minimum Gasteiger partial charge on any atom is -0.212 e. The van der Waals surface area contributed by atoms with E-state index in [1.807, 2.05) is 0 Å². The second kappa shape index (κ2) is 3.79. The van der Waals surface area contributed by atoms with Crippen LogP contribution in [-0.2, 0) is 9.05 Å². The fourth-order valence-electron chi connectivity index (χ4n) is 1.53. The maximum absolute atomic E-state index is 10.7. The van der Waals surface area contributed by atoms with Gasteiger partial charge in [0, 0.05) is 10.7 Å². The molecule has 2 nitrogen and oxygen atoms in total. The van der Waals surface area contributed by atoms with Crippen molar-refractivity contribution in [1.82, 2.24) is 0 Å². The summed E-state index contributed by atoms with van der Waals surface area (Å²) in [6.45, 7) is 3.86. The first-order valence-electron chi connectivity index (χ1n) is 4.06. The van der Waals surface area contributed by atoms with Gasteiger partial charge in [-0.1, -0.05) is 12.2 Å². The molecule has 0 aromatic heterocycles. The lowest BCUT2D eigenvalue weighted by molar-refractivity contribution is 0.444. The Morgan fingerprint density at radius 3 is 2.33 bits per heavy atom. The Kier molecular flexibility index (Phi) is 3.18. The Balaban J connectivity index is 2.41. The summed E-state index contributed by atoms with van der Waals surface area (Å²) < 4.78 is 21.4. The minimum atomic E-state index is -3.30. The van der Waals surface area contributed by atoms with Crippen molar-refractivity contribution in [2.24, 2.45) is 5.92 Å². The van der Waals surface area contributed by atoms with E-state index in [0.717, 1.165) is 25.7 Å². The van der Waals surface area contributed by atoms with Crippen LogP contribution < -0.4 is 0 Å². The molecule has 0 bridgehead atoms. The van der Waals surface area contributed by atoms with E-state index in [9.17, 15) is 8.42 Å². The second-order valence-corrected chi connectivity index (χ2v) is 6.22. The molecule has 1 aliphatic rings. The predicted molar refractivity (Wildman–Crippen MR) is 50.7 cm³/mol. The van der Waals surface area contributed by atoms with Gasteiger partial charge in [-0.3, -0.25) is 0 Å².